The lowest BCUT2D eigenvalue weighted by atomic mass is 9.94. The molecule has 1 aliphatic heterocycles. The minimum Gasteiger partial charge on any atom is -0.330 e. The summed E-state index contributed by atoms with van der Waals surface area (Å²) in [7, 11) is 0. The van der Waals surface area contributed by atoms with Crippen molar-refractivity contribution in [1.82, 2.24) is 4.90 Å². The van der Waals surface area contributed by atoms with E-state index in [0.717, 1.165) is 54.1 Å². The standard InChI is InChI=1S/C14H20Cl2N2/c15-13-3-4-14(16)12(8-13)10-18-7-1-2-11(9-18)5-6-17/h3-4,8,11H,1-2,5-7,9-10,17H2. The molecular formula is C14H20Cl2N2. The predicted octanol–water partition coefficient (Wildman–Crippen LogP) is 3.55. The molecule has 1 aromatic carbocycles. The lowest BCUT2D eigenvalue weighted by Crippen LogP contribution is -2.35. The molecule has 0 bridgehead atoms. The summed E-state index contributed by atoms with van der Waals surface area (Å²) in [6.45, 7) is 3.95. The quantitative estimate of drug-likeness (QED) is 0.917. The number of nitrogens with two attached hydrogens (primary N) is 1. The monoisotopic (exact) mass is 286 g/mol. The van der Waals surface area contributed by atoms with Gasteiger partial charge in [-0.1, -0.05) is 23.2 Å². The van der Waals surface area contributed by atoms with E-state index < -0.39 is 0 Å². The van der Waals surface area contributed by atoms with Crippen LogP contribution in [0, 0.1) is 5.92 Å². The Bertz CT molecular complexity index is 393. The van der Waals surface area contributed by atoms with E-state index in [-0.39, 0.29) is 0 Å². The molecule has 1 atom stereocenters. The van der Waals surface area contributed by atoms with Crippen LogP contribution >= 0.6 is 23.2 Å². The summed E-state index contributed by atoms with van der Waals surface area (Å²) in [5, 5.41) is 1.56. The molecule has 1 saturated heterocycles. The van der Waals surface area contributed by atoms with E-state index in [0.29, 0.717) is 0 Å². The number of likely N-dealkylation sites (tertiary alicyclic amines) is 1. The summed E-state index contributed by atoms with van der Waals surface area (Å²) >= 11 is 12.2. The fourth-order valence-electron chi connectivity index (χ4n) is 2.67. The van der Waals surface area contributed by atoms with Crippen LogP contribution in [0.4, 0.5) is 0 Å². The molecule has 2 N–H and O–H groups in total. The van der Waals surface area contributed by atoms with Gasteiger partial charge in [0.2, 0.25) is 0 Å². The van der Waals surface area contributed by atoms with Crippen molar-refractivity contribution in [2.24, 2.45) is 11.7 Å². The molecule has 1 aromatic rings. The molecule has 2 nitrogen and oxygen atoms in total. The molecule has 4 heteroatoms. The van der Waals surface area contributed by atoms with Gasteiger partial charge in [0.1, 0.15) is 0 Å². The van der Waals surface area contributed by atoms with Crippen LogP contribution in [0.2, 0.25) is 10.0 Å². The summed E-state index contributed by atoms with van der Waals surface area (Å²) in [4.78, 5) is 2.46. The first-order valence-electron chi connectivity index (χ1n) is 6.55. The lowest BCUT2D eigenvalue weighted by Gasteiger charge is -2.32. The van der Waals surface area contributed by atoms with E-state index in [1.54, 1.807) is 0 Å². The molecule has 0 spiro atoms. The van der Waals surface area contributed by atoms with Crippen molar-refractivity contribution in [2.45, 2.75) is 25.8 Å². The molecule has 0 saturated carbocycles. The number of hydrogen-bond donors (Lipinski definition) is 1. The second-order valence-electron chi connectivity index (χ2n) is 5.06. The zero-order valence-corrected chi connectivity index (χ0v) is 12.1. The number of benzene rings is 1. The highest BCUT2D eigenvalue weighted by molar-refractivity contribution is 6.33. The maximum Gasteiger partial charge on any atom is 0.0452 e. The molecule has 0 aromatic heterocycles. The normalized spacial score (nSPS) is 21.2. The molecule has 2 rings (SSSR count). The van der Waals surface area contributed by atoms with Crippen LogP contribution < -0.4 is 5.73 Å². The molecule has 1 unspecified atom stereocenters. The molecule has 0 radical (unpaired) electrons. The third kappa shape index (κ3) is 3.86. The molecular weight excluding hydrogens is 267 g/mol. The SMILES string of the molecule is NCCC1CCCN(Cc2cc(Cl)ccc2Cl)C1. The summed E-state index contributed by atoms with van der Waals surface area (Å²) in [6, 6.07) is 5.68. The summed E-state index contributed by atoms with van der Waals surface area (Å²) in [5.41, 5.74) is 6.77. The Balaban J connectivity index is 1.98. The van der Waals surface area contributed by atoms with E-state index in [1.165, 1.54) is 12.8 Å². The van der Waals surface area contributed by atoms with Crippen LogP contribution in [-0.4, -0.2) is 24.5 Å². The van der Waals surface area contributed by atoms with Crippen LogP contribution in [0.25, 0.3) is 0 Å². The second-order valence-corrected chi connectivity index (χ2v) is 5.90. The van der Waals surface area contributed by atoms with Gasteiger partial charge in [-0.05, 0) is 62.0 Å². The fourth-order valence-corrected chi connectivity index (χ4v) is 3.04. The largest absolute Gasteiger partial charge is 0.330 e. The molecule has 1 aliphatic rings. The fraction of sp³-hybridized carbons (Fsp3) is 0.571. The van der Waals surface area contributed by atoms with E-state index in [9.17, 15) is 0 Å². The van der Waals surface area contributed by atoms with Crippen LogP contribution in [0.15, 0.2) is 18.2 Å². The van der Waals surface area contributed by atoms with Gasteiger partial charge in [0.05, 0.1) is 0 Å². The van der Waals surface area contributed by atoms with Gasteiger partial charge in [-0.15, -0.1) is 0 Å². The molecule has 1 heterocycles. The zero-order valence-electron chi connectivity index (χ0n) is 10.5. The number of hydrogen-bond acceptors (Lipinski definition) is 2. The first-order valence-corrected chi connectivity index (χ1v) is 7.31. The number of halogens is 2. The molecule has 18 heavy (non-hydrogen) atoms. The van der Waals surface area contributed by atoms with Gasteiger partial charge in [0.25, 0.3) is 0 Å². The average Bonchev–Trinajstić information content (AvgIpc) is 2.35. The second kappa shape index (κ2) is 6.76. The predicted molar refractivity (Wildman–Crippen MR) is 78.1 cm³/mol. The maximum absolute atomic E-state index is 6.21. The van der Waals surface area contributed by atoms with Gasteiger partial charge in [-0.2, -0.15) is 0 Å². The first kappa shape index (κ1) is 14.1. The first-order chi connectivity index (χ1) is 8.69. The van der Waals surface area contributed by atoms with Gasteiger partial charge in [-0.3, -0.25) is 4.90 Å². The van der Waals surface area contributed by atoms with Crippen molar-refractivity contribution in [2.75, 3.05) is 19.6 Å². The van der Waals surface area contributed by atoms with Crippen LogP contribution in [-0.2, 0) is 6.54 Å². The van der Waals surface area contributed by atoms with E-state index in [4.69, 9.17) is 28.9 Å². The lowest BCUT2D eigenvalue weighted by molar-refractivity contribution is 0.163. The van der Waals surface area contributed by atoms with E-state index >= 15 is 0 Å². The maximum atomic E-state index is 6.21. The van der Waals surface area contributed by atoms with Crippen molar-refractivity contribution >= 4 is 23.2 Å². The average molecular weight is 287 g/mol. The van der Waals surface area contributed by atoms with E-state index in [1.807, 2.05) is 18.2 Å². The van der Waals surface area contributed by atoms with Gasteiger partial charge in [-0.25, -0.2) is 0 Å². The Morgan fingerprint density at radius 3 is 2.94 bits per heavy atom. The Morgan fingerprint density at radius 2 is 2.17 bits per heavy atom. The Labute approximate surface area is 119 Å². The number of rotatable bonds is 4. The van der Waals surface area contributed by atoms with Crippen molar-refractivity contribution in [3.8, 4) is 0 Å². The van der Waals surface area contributed by atoms with Crippen LogP contribution in [0.3, 0.4) is 0 Å². The van der Waals surface area contributed by atoms with Gasteiger partial charge in [0.15, 0.2) is 0 Å². The van der Waals surface area contributed by atoms with Gasteiger partial charge < -0.3 is 5.73 Å². The highest BCUT2D eigenvalue weighted by atomic mass is 35.5. The zero-order chi connectivity index (χ0) is 13.0. The van der Waals surface area contributed by atoms with Crippen LogP contribution in [0.1, 0.15) is 24.8 Å². The Morgan fingerprint density at radius 1 is 1.33 bits per heavy atom. The minimum absolute atomic E-state index is 0.738. The van der Waals surface area contributed by atoms with Gasteiger partial charge >= 0.3 is 0 Å². The third-order valence-electron chi connectivity index (χ3n) is 3.58. The number of nitrogens with zero attached hydrogens (tertiary/aromatic N) is 1. The molecule has 1 fully saturated rings. The molecule has 100 valence electrons. The van der Waals surface area contributed by atoms with Gasteiger partial charge in [0, 0.05) is 23.1 Å². The van der Waals surface area contributed by atoms with Crippen molar-refractivity contribution in [3.63, 3.8) is 0 Å². The summed E-state index contributed by atoms with van der Waals surface area (Å²) in [6.07, 6.45) is 3.68. The van der Waals surface area contributed by atoms with Crippen molar-refractivity contribution < 1.29 is 0 Å². The van der Waals surface area contributed by atoms with Crippen LogP contribution in [0.5, 0.6) is 0 Å². The molecule has 0 amide bonds. The smallest absolute Gasteiger partial charge is 0.0452 e. The minimum atomic E-state index is 0.738. The van der Waals surface area contributed by atoms with Crippen molar-refractivity contribution in [3.05, 3.63) is 33.8 Å². The van der Waals surface area contributed by atoms with Crippen molar-refractivity contribution in [1.29, 1.82) is 0 Å². The van der Waals surface area contributed by atoms with E-state index in [2.05, 4.69) is 4.90 Å². The highest BCUT2D eigenvalue weighted by Gasteiger charge is 2.19. The topological polar surface area (TPSA) is 29.3 Å². The number of piperidine rings is 1. The molecule has 0 aliphatic carbocycles. The summed E-state index contributed by atoms with van der Waals surface area (Å²) < 4.78 is 0. The highest BCUT2D eigenvalue weighted by Crippen LogP contribution is 2.25. The third-order valence-corrected chi connectivity index (χ3v) is 4.18. The Kier molecular flexibility index (Phi) is 5.31. The Hall–Kier alpha value is -0.280. The summed E-state index contributed by atoms with van der Waals surface area (Å²) in [5.74, 6) is 0.738.